The second kappa shape index (κ2) is 6.66. The zero-order valence-electron chi connectivity index (χ0n) is 10.1. The summed E-state index contributed by atoms with van der Waals surface area (Å²) in [4.78, 5) is 14.0. The van der Waals surface area contributed by atoms with Crippen molar-refractivity contribution in [2.45, 2.75) is 21.3 Å². The van der Waals surface area contributed by atoms with Crippen molar-refractivity contribution < 1.29 is 4.79 Å². The second-order valence-electron chi connectivity index (χ2n) is 3.80. The predicted molar refractivity (Wildman–Crippen MR) is 79.1 cm³/mol. The number of hydrogen-bond donors (Lipinski definition) is 0. The summed E-state index contributed by atoms with van der Waals surface area (Å²) < 4.78 is -0.0881. The second-order valence-corrected chi connectivity index (χ2v) is 6.46. The Balaban J connectivity index is 2.08. The molecule has 0 unspecified atom stereocenters. The summed E-state index contributed by atoms with van der Waals surface area (Å²) in [5.41, 5.74) is 0. The van der Waals surface area contributed by atoms with Crippen LogP contribution < -0.4 is 0 Å². The van der Waals surface area contributed by atoms with E-state index in [0.29, 0.717) is 0 Å². The molecule has 3 heteroatoms. The molecule has 0 aromatic heterocycles. The van der Waals surface area contributed by atoms with E-state index in [1.807, 2.05) is 60.7 Å². The van der Waals surface area contributed by atoms with Crippen LogP contribution in [0, 0.1) is 0 Å². The van der Waals surface area contributed by atoms with Crippen molar-refractivity contribution in [3.05, 3.63) is 60.7 Å². The average Bonchev–Trinajstić information content (AvgIpc) is 2.40. The van der Waals surface area contributed by atoms with E-state index in [1.54, 1.807) is 30.4 Å². The molecular weight excluding hydrogens is 260 g/mol. The zero-order valence-corrected chi connectivity index (χ0v) is 11.7. The van der Waals surface area contributed by atoms with Gasteiger partial charge in [0.2, 0.25) is 0 Å². The van der Waals surface area contributed by atoms with Gasteiger partial charge in [0.1, 0.15) is 4.58 Å². The van der Waals surface area contributed by atoms with E-state index >= 15 is 0 Å². The lowest BCUT2D eigenvalue weighted by Crippen LogP contribution is -2.08. The van der Waals surface area contributed by atoms with Crippen LogP contribution in [0.2, 0.25) is 0 Å². The smallest absolute Gasteiger partial charge is 0.153 e. The van der Waals surface area contributed by atoms with Crippen LogP contribution >= 0.6 is 23.5 Å². The third-order valence-electron chi connectivity index (χ3n) is 2.30. The van der Waals surface area contributed by atoms with Gasteiger partial charge in [0, 0.05) is 9.79 Å². The van der Waals surface area contributed by atoms with Crippen molar-refractivity contribution in [3.8, 4) is 0 Å². The third kappa shape index (κ3) is 3.93. The molecular formula is C15H14OS2. The molecule has 0 aliphatic rings. The van der Waals surface area contributed by atoms with Gasteiger partial charge in [0.05, 0.1) is 0 Å². The number of hydrogen-bond acceptors (Lipinski definition) is 3. The Morgan fingerprint density at radius 1 is 0.833 bits per heavy atom. The number of rotatable bonds is 5. The van der Waals surface area contributed by atoms with Crippen LogP contribution in [0.4, 0.5) is 0 Å². The molecule has 0 saturated carbocycles. The van der Waals surface area contributed by atoms with Gasteiger partial charge >= 0.3 is 0 Å². The lowest BCUT2D eigenvalue weighted by atomic mass is 10.4. The summed E-state index contributed by atoms with van der Waals surface area (Å²) in [5, 5.41) is 0. The fourth-order valence-corrected chi connectivity index (χ4v) is 3.75. The number of carbonyl (C=O) groups is 1. The molecule has 0 aliphatic carbocycles. The van der Waals surface area contributed by atoms with Gasteiger partial charge in [0.15, 0.2) is 5.78 Å². The van der Waals surface area contributed by atoms with Gasteiger partial charge in [-0.1, -0.05) is 36.4 Å². The quantitative estimate of drug-likeness (QED) is 0.591. The normalized spacial score (nSPS) is 10.6. The minimum absolute atomic E-state index is 0.0881. The number of carbonyl (C=O) groups excluding carboxylic acids is 1. The van der Waals surface area contributed by atoms with E-state index in [9.17, 15) is 4.79 Å². The highest BCUT2D eigenvalue weighted by Crippen LogP contribution is 2.35. The molecule has 0 radical (unpaired) electrons. The minimum Gasteiger partial charge on any atom is -0.298 e. The topological polar surface area (TPSA) is 17.1 Å². The first-order valence-corrected chi connectivity index (χ1v) is 7.45. The van der Waals surface area contributed by atoms with E-state index in [2.05, 4.69) is 0 Å². The number of benzene rings is 2. The summed E-state index contributed by atoms with van der Waals surface area (Å²) in [7, 11) is 0. The molecule has 92 valence electrons. The molecule has 2 aromatic rings. The molecule has 18 heavy (non-hydrogen) atoms. The Kier molecular flexibility index (Phi) is 4.90. The summed E-state index contributed by atoms with van der Waals surface area (Å²) in [6.45, 7) is 1.65. The average molecular weight is 274 g/mol. The van der Waals surface area contributed by atoms with E-state index in [1.165, 1.54) is 0 Å². The van der Waals surface area contributed by atoms with Gasteiger partial charge in [-0.05, 0) is 31.2 Å². The van der Waals surface area contributed by atoms with Gasteiger partial charge < -0.3 is 0 Å². The molecule has 2 aromatic carbocycles. The Labute approximate surface area is 116 Å². The Bertz CT molecular complexity index is 455. The molecule has 2 rings (SSSR count). The molecule has 0 bridgehead atoms. The molecule has 0 spiro atoms. The minimum atomic E-state index is -0.0881. The van der Waals surface area contributed by atoms with Gasteiger partial charge in [-0.2, -0.15) is 0 Å². The van der Waals surface area contributed by atoms with Gasteiger partial charge in [-0.25, -0.2) is 0 Å². The molecule has 0 heterocycles. The van der Waals surface area contributed by atoms with Crippen LogP contribution in [0.5, 0.6) is 0 Å². The van der Waals surface area contributed by atoms with Gasteiger partial charge in [-0.3, -0.25) is 4.79 Å². The van der Waals surface area contributed by atoms with Crippen LogP contribution in [-0.2, 0) is 4.79 Å². The molecule has 0 saturated heterocycles. The molecule has 0 N–H and O–H groups in total. The highest BCUT2D eigenvalue weighted by molar-refractivity contribution is 8.18. The summed E-state index contributed by atoms with van der Waals surface area (Å²) in [6, 6.07) is 20.1. The molecule has 0 fully saturated rings. The van der Waals surface area contributed by atoms with E-state index in [0.717, 1.165) is 9.79 Å². The number of Topliss-reactive ketones (excluding diaryl/α,β-unsaturated/α-hetero) is 1. The maximum absolute atomic E-state index is 11.7. The first kappa shape index (κ1) is 13.2. The standard InChI is InChI=1S/C15H14OS2/c1-12(16)15(17-13-8-4-2-5-9-13)18-14-10-6-3-7-11-14/h2-11,15H,1H3. The van der Waals surface area contributed by atoms with Gasteiger partial charge in [-0.15, -0.1) is 23.5 Å². The molecule has 1 nitrogen and oxygen atoms in total. The Morgan fingerprint density at radius 2 is 1.22 bits per heavy atom. The first-order valence-electron chi connectivity index (χ1n) is 5.69. The van der Waals surface area contributed by atoms with Crippen molar-refractivity contribution in [3.63, 3.8) is 0 Å². The lowest BCUT2D eigenvalue weighted by Gasteiger charge is -2.12. The zero-order chi connectivity index (χ0) is 12.8. The summed E-state index contributed by atoms with van der Waals surface area (Å²) in [6.07, 6.45) is 0. The predicted octanol–water partition coefficient (Wildman–Crippen LogP) is 4.49. The third-order valence-corrected chi connectivity index (χ3v) is 5.06. The van der Waals surface area contributed by atoms with Crippen LogP contribution in [0.1, 0.15) is 6.92 Å². The SMILES string of the molecule is CC(=O)C(Sc1ccccc1)Sc1ccccc1. The summed E-state index contributed by atoms with van der Waals surface area (Å²) >= 11 is 3.21. The highest BCUT2D eigenvalue weighted by atomic mass is 32.2. The molecule has 0 aliphatic heterocycles. The monoisotopic (exact) mass is 274 g/mol. The number of ketones is 1. The van der Waals surface area contributed by atoms with Gasteiger partial charge in [0.25, 0.3) is 0 Å². The van der Waals surface area contributed by atoms with Crippen molar-refractivity contribution in [1.29, 1.82) is 0 Å². The maximum Gasteiger partial charge on any atom is 0.153 e. The van der Waals surface area contributed by atoms with Crippen LogP contribution in [0.25, 0.3) is 0 Å². The maximum atomic E-state index is 11.7. The first-order chi connectivity index (χ1) is 8.75. The van der Waals surface area contributed by atoms with Crippen LogP contribution in [-0.4, -0.2) is 10.4 Å². The fraction of sp³-hybridized carbons (Fsp3) is 0.133. The van der Waals surface area contributed by atoms with E-state index in [-0.39, 0.29) is 10.4 Å². The van der Waals surface area contributed by atoms with Crippen molar-refractivity contribution >= 4 is 29.3 Å². The Hall–Kier alpha value is -1.19. The highest BCUT2D eigenvalue weighted by Gasteiger charge is 2.16. The van der Waals surface area contributed by atoms with E-state index < -0.39 is 0 Å². The largest absolute Gasteiger partial charge is 0.298 e. The Morgan fingerprint density at radius 3 is 1.56 bits per heavy atom. The lowest BCUT2D eigenvalue weighted by molar-refractivity contribution is -0.115. The molecule has 0 atom stereocenters. The van der Waals surface area contributed by atoms with Crippen molar-refractivity contribution in [2.75, 3.05) is 0 Å². The van der Waals surface area contributed by atoms with E-state index in [4.69, 9.17) is 0 Å². The van der Waals surface area contributed by atoms with Crippen LogP contribution in [0.15, 0.2) is 70.5 Å². The summed E-state index contributed by atoms with van der Waals surface area (Å²) in [5.74, 6) is 0.192. The van der Waals surface area contributed by atoms with Crippen LogP contribution in [0.3, 0.4) is 0 Å². The van der Waals surface area contributed by atoms with Crippen molar-refractivity contribution in [2.24, 2.45) is 0 Å². The number of thioether (sulfide) groups is 2. The fourth-order valence-electron chi connectivity index (χ4n) is 1.44. The van der Waals surface area contributed by atoms with Crippen molar-refractivity contribution in [1.82, 2.24) is 0 Å². The molecule has 0 amide bonds.